The van der Waals surface area contributed by atoms with Crippen LogP contribution in [0.4, 0.5) is 0 Å². The van der Waals surface area contributed by atoms with Crippen LogP contribution in [0, 0.1) is 5.92 Å². The van der Waals surface area contributed by atoms with E-state index >= 15 is 0 Å². The molecular formula is C16H30N2O2. The summed E-state index contributed by atoms with van der Waals surface area (Å²) in [6, 6.07) is 0.463. The number of hydrogen-bond donors (Lipinski definition) is 2. The summed E-state index contributed by atoms with van der Waals surface area (Å²) in [4.78, 5) is 14.3. The van der Waals surface area contributed by atoms with Crippen molar-refractivity contribution < 1.29 is 9.90 Å². The molecule has 1 aliphatic heterocycles. The summed E-state index contributed by atoms with van der Waals surface area (Å²) in [6.07, 6.45) is 7.44. The molecule has 1 saturated carbocycles. The second kappa shape index (κ2) is 6.90. The molecule has 3 atom stereocenters. The standard InChI is InChI=1S/C16H30N2O2/c1-3-9-17-16(15(19)20)8-7-14(11-16)18-10-5-6-13(4-2)12-18/h13-14,17H,3-12H2,1-2H3,(H,19,20). The van der Waals surface area contributed by atoms with Crippen LogP contribution >= 0.6 is 0 Å². The number of nitrogens with zero attached hydrogens (tertiary/aromatic N) is 1. The largest absolute Gasteiger partial charge is 0.480 e. The summed E-state index contributed by atoms with van der Waals surface area (Å²) in [6.45, 7) is 7.49. The Labute approximate surface area is 122 Å². The normalized spacial score (nSPS) is 35.3. The Morgan fingerprint density at radius 2 is 2.20 bits per heavy atom. The summed E-state index contributed by atoms with van der Waals surface area (Å²) >= 11 is 0. The van der Waals surface area contributed by atoms with Crippen LogP contribution in [0.15, 0.2) is 0 Å². The van der Waals surface area contributed by atoms with Gasteiger partial charge in [0.25, 0.3) is 0 Å². The van der Waals surface area contributed by atoms with Gasteiger partial charge in [-0.1, -0.05) is 20.3 Å². The van der Waals surface area contributed by atoms with Crippen LogP contribution < -0.4 is 5.32 Å². The van der Waals surface area contributed by atoms with Gasteiger partial charge in [0, 0.05) is 12.6 Å². The number of carboxylic acids is 1. The highest BCUT2D eigenvalue weighted by atomic mass is 16.4. The molecule has 3 unspecified atom stereocenters. The SMILES string of the molecule is CCCNC1(C(=O)O)CCC(N2CCCC(CC)C2)C1. The minimum absolute atomic E-state index is 0.463. The van der Waals surface area contributed by atoms with Crippen molar-refractivity contribution in [2.45, 2.75) is 70.4 Å². The van der Waals surface area contributed by atoms with E-state index in [-0.39, 0.29) is 0 Å². The molecular weight excluding hydrogens is 252 g/mol. The summed E-state index contributed by atoms with van der Waals surface area (Å²) in [5.41, 5.74) is -0.667. The van der Waals surface area contributed by atoms with Crippen LogP contribution in [0.5, 0.6) is 0 Å². The van der Waals surface area contributed by atoms with Crippen molar-refractivity contribution in [1.29, 1.82) is 0 Å². The minimum atomic E-state index is -0.667. The molecule has 116 valence electrons. The maximum absolute atomic E-state index is 11.7. The first-order valence-corrected chi connectivity index (χ1v) is 8.33. The number of likely N-dealkylation sites (tertiary alicyclic amines) is 1. The number of nitrogens with one attached hydrogen (secondary N) is 1. The van der Waals surface area contributed by atoms with Gasteiger partial charge in [0.2, 0.25) is 0 Å². The zero-order chi connectivity index (χ0) is 14.6. The number of piperidine rings is 1. The molecule has 4 nitrogen and oxygen atoms in total. The van der Waals surface area contributed by atoms with E-state index in [9.17, 15) is 9.90 Å². The second-order valence-electron chi connectivity index (χ2n) is 6.62. The zero-order valence-electron chi connectivity index (χ0n) is 13.0. The Kier molecular flexibility index (Phi) is 5.44. The van der Waals surface area contributed by atoms with E-state index in [0.717, 1.165) is 44.7 Å². The van der Waals surface area contributed by atoms with Gasteiger partial charge < -0.3 is 15.3 Å². The molecule has 1 saturated heterocycles. The molecule has 0 aromatic rings. The molecule has 0 amide bonds. The van der Waals surface area contributed by atoms with Gasteiger partial charge in [0.05, 0.1) is 0 Å². The topological polar surface area (TPSA) is 52.6 Å². The molecule has 0 spiro atoms. The summed E-state index contributed by atoms with van der Waals surface area (Å²) in [5.74, 6) is 0.157. The number of rotatable bonds is 6. The van der Waals surface area contributed by atoms with Crippen LogP contribution in [0.25, 0.3) is 0 Å². The maximum atomic E-state index is 11.7. The van der Waals surface area contributed by atoms with Gasteiger partial charge in [0.15, 0.2) is 0 Å². The van der Waals surface area contributed by atoms with Gasteiger partial charge in [-0.05, 0) is 57.5 Å². The van der Waals surface area contributed by atoms with Crippen LogP contribution in [0.2, 0.25) is 0 Å². The molecule has 1 aliphatic carbocycles. The van der Waals surface area contributed by atoms with E-state index < -0.39 is 11.5 Å². The predicted octanol–water partition coefficient (Wildman–Crippen LogP) is 2.48. The molecule has 0 bridgehead atoms. The van der Waals surface area contributed by atoms with Crippen molar-refractivity contribution in [3.05, 3.63) is 0 Å². The number of aliphatic carboxylic acids is 1. The maximum Gasteiger partial charge on any atom is 0.323 e. The highest BCUT2D eigenvalue weighted by molar-refractivity contribution is 5.79. The second-order valence-corrected chi connectivity index (χ2v) is 6.62. The number of carbonyl (C=O) groups is 1. The van der Waals surface area contributed by atoms with Crippen molar-refractivity contribution in [3.8, 4) is 0 Å². The van der Waals surface area contributed by atoms with Crippen molar-refractivity contribution >= 4 is 5.97 Å². The summed E-state index contributed by atoms with van der Waals surface area (Å²) in [5, 5.41) is 12.9. The van der Waals surface area contributed by atoms with Crippen LogP contribution in [-0.4, -0.2) is 47.2 Å². The number of carboxylic acid groups (broad SMARTS) is 1. The monoisotopic (exact) mass is 282 g/mol. The van der Waals surface area contributed by atoms with Gasteiger partial charge in [-0.2, -0.15) is 0 Å². The zero-order valence-corrected chi connectivity index (χ0v) is 13.0. The first-order valence-electron chi connectivity index (χ1n) is 8.33. The lowest BCUT2D eigenvalue weighted by Gasteiger charge is -2.37. The molecule has 0 aromatic carbocycles. The molecule has 2 fully saturated rings. The molecule has 2 N–H and O–H groups in total. The van der Waals surface area contributed by atoms with Gasteiger partial charge >= 0.3 is 5.97 Å². The molecule has 20 heavy (non-hydrogen) atoms. The van der Waals surface area contributed by atoms with Crippen molar-refractivity contribution in [2.24, 2.45) is 5.92 Å². The van der Waals surface area contributed by atoms with Gasteiger partial charge in [-0.15, -0.1) is 0 Å². The molecule has 0 radical (unpaired) electrons. The van der Waals surface area contributed by atoms with E-state index in [1.165, 1.54) is 25.8 Å². The fourth-order valence-electron chi connectivity index (χ4n) is 3.89. The van der Waals surface area contributed by atoms with Crippen LogP contribution in [0.3, 0.4) is 0 Å². The molecule has 1 heterocycles. The average molecular weight is 282 g/mol. The van der Waals surface area contributed by atoms with E-state index in [1.807, 2.05) is 0 Å². The van der Waals surface area contributed by atoms with Gasteiger partial charge in [0.1, 0.15) is 5.54 Å². The van der Waals surface area contributed by atoms with E-state index in [2.05, 4.69) is 24.1 Å². The van der Waals surface area contributed by atoms with E-state index in [4.69, 9.17) is 0 Å². The third-order valence-corrected chi connectivity index (χ3v) is 5.26. The van der Waals surface area contributed by atoms with Gasteiger partial charge in [-0.3, -0.25) is 4.79 Å². The first kappa shape index (κ1) is 15.8. The minimum Gasteiger partial charge on any atom is -0.480 e. The summed E-state index contributed by atoms with van der Waals surface area (Å²) in [7, 11) is 0. The molecule has 0 aromatic heterocycles. The Hall–Kier alpha value is -0.610. The lowest BCUT2D eigenvalue weighted by atomic mass is 9.93. The summed E-state index contributed by atoms with van der Waals surface area (Å²) < 4.78 is 0. The Bertz CT molecular complexity index is 334. The Morgan fingerprint density at radius 1 is 1.40 bits per heavy atom. The third-order valence-electron chi connectivity index (χ3n) is 5.26. The van der Waals surface area contributed by atoms with E-state index in [1.54, 1.807) is 0 Å². The smallest absolute Gasteiger partial charge is 0.323 e. The van der Waals surface area contributed by atoms with Gasteiger partial charge in [-0.25, -0.2) is 0 Å². The lowest BCUT2D eigenvalue weighted by molar-refractivity contribution is -0.144. The highest BCUT2D eigenvalue weighted by Crippen LogP contribution is 2.35. The third kappa shape index (κ3) is 3.34. The first-order chi connectivity index (χ1) is 9.61. The number of hydrogen-bond acceptors (Lipinski definition) is 3. The average Bonchev–Trinajstić information content (AvgIpc) is 2.91. The fourth-order valence-corrected chi connectivity index (χ4v) is 3.89. The van der Waals surface area contributed by atoms with Crippen molar-refractivity contribution in [2.75, 3.05) is 19.6 Å². The van der Waals surface area contributed by atoms with Crippen molar-refractivity contribution in [1.82, 2.24) is 10.2 Å². The molecule has 2 rings (SSSR count). The van der Waals surface area contributed by atoms with Crippen LogP contribution in [0.1, 0.15) is 58.8 Å². The lowest BCUT2D eigenvalue weighted by Crippen LogP contribution is -2.52. The fraction of sp³-hybridized carbons (Fsp3) is 0.938. The molecule has 2 aliphatic rings. The quantitative estimate of drug-likeness (QED) is 0.786. The van der Waals surface area contributed by atoms with E-state index in [0.29, 0.717) is 6.04 Å². The highest BCUT2D eigenvalue weighted by Gasteiger charge is 2.46. The Morgan fingerprint density at radius 3 is 2.85 bits per heavy atom. The van der Waals surface area contributed by atoms with Crippen molar-refractivity contribution in [3.63, 3.8) is 0 Å². The predicted molar refractivity (Wildman–Crippen MR) is 80.9 cm³/mol. The Balaban J connectivity index is 1.97. The van der Waals surface area contributed by atoms with Crippen LogP contribution in [-0.2, 0) is 4.79 Å². The molecule has 4 heteroatoms.